The van der Waals surface area contributed by atoms with Gasteiger partial charge in [0.15, 0.2) is 0 Å². The fraction of sp³-hybridized carbons (Fsp3) is 0.667. The second-order valence-corrected chi connectivity index (χ2v) is 2.50. The van der Waals surface area contributed by atoms with Crippen LogP contribution in [0.1, 0.15) is 13.3 Å². The first kappa shape index (κ1) is 3.53. The van der Waals surface area contributed by atoms with E-state index in [9.17, 15) is 0 Å². The van der Waals surface area contributed by atoms with E-state index in [1.165, 1.54) is 6.42 Å². The van der Waals surface area contributed by atoms with Crippen LogP contribution in [0.4, 0.5) is 0 Å². The minimum absolute atomic E-state index is 0.889. The van der Waals surface area contributed by atoms with Gasteiger partial charge in [0.1, 0.15) is 0 Å². The van der Waals surface area contributed by atoms with Gasteiger partial charge in [-0.3, -0.25) is 0 Å². The molecule has 0 bridgehead atoms. The van der Waals surface area contributed by atoms with Crippen molar-refractivity contribution in [1.82, 2.24) is 4.90 Å². The lowest BCUT2D eigenvalue weighted by molar-refractivity contribution is 0.639. The average molecular weight is 95.1 g/mol. The van der Waals surface area contributed by atoms with Crippen LogP contribution in [0, 0.1) is 0 Å². The van der Waals surface area contributed by atoms with E-state index in [0.29, 0.717) is 0 Å². The van der Waals surface area contributed by atoms with Gasteiger partial charge in [-0.2, -0.15) is 0 Å². The quantitative estimate of drug-likeness (QED) is 0.405. The Morgan fingerprint density at radius 2 is 2.43 bits per heavy atom. The first-order chi connectivity index (χ1) is 3.30. The fourth-order valence-electron chi connectivity index (χ4n) is 1.43. The molecule has 2 aliphatic rings. The molecule has 0 spiro atoms. The summed E-state index contributed by atoms with van der Waals surface area (Å²) in [7, 11) is 2.16. The van der Waals surface area contributed by atoms with E-state index in [-0.39, 0.29) is 0 Å². The molecule has 1 aliphatic heterocycles. The molecular weight excluding hydrogens is 86.1 g/mol. The Labute approximate surface area is 43.6 Å². The van der Waals surface area contributed by atoms with Crippen molar-refractivity contribution < 1.29 is 0 Å². The van der Waals surface area contributed by atoms with Gasteiger partial charge in [0.25, 0.3) is 0 Å². The third kappa shape index (κ3) is 0.226. The molecule has 1 nitrogen and oxygen atoms in total. The third-order valence-electron chi connectivity index (χ3n) is 2.03. The van der Waals surface area contributed by atoms with Crippen LogP contribution in [0.3, 0.4) is 0 Å². The average Bonchev–Trinajstić information content (AvgIpc) is 2.07. The maximum absolute atomic E-state index is 2.34. The summed E-state index contributed by atoms with van der Waals surface area (Å²) in [5.41, 5.74) is 3.22. The summed E-state index contributed by atoms with van der Waals surface area (Å²) in [5.74, 6) is 0. The molecule has 1 heterocycles. The highest BCUT2D eigenvalue weighted by Crippen LogP contribution is 2.47. The van der Waals surface area contributed by atoms with Crippen LogP contribution in [0.25, 0.3) is 0 Å². The molecule has 1 atom stereocenters. The van der Waals surface area contributed by atoms with Crippen LogP contribution in [0.5, 0.6) is 0 Å². The lowest BCUT2D eigenvalue weighted by Crippen LogP contribution is -1.96. The van der Waals surface area contributed by atoms with Crippen LogP contribution in [0.15, 0.2) is 11.3 Å². The van der Waals surface area contributed by atoms with Gasteiger partial charge in [-0.1, -0.05) is 0 Å². The third-order valence-corrected chi connectivity index (χ3v) is 2.03. The maximum Gasteiger partial charge on any atom is 0.0722 e. The van der Waals surface area contributed by atoms with E-state index in [0.717, 1.165) is 6.04 Å². The summed E-state index contributed by atoms with van der Waals surface area (Å²) in [6, 6.07) is 0.889. The number of hydrogen-bond acceptors (Lipinski definition) is 1. The smallest absolute Gasteiger partial charge is 0.0722 e. The summed E-state index contributed by atoms with van der Waals surface area (Å²) in [5, 5.41) is 0. The molecular formula is C6H9N. The van der Waals surface area contributed by atoms with Crippen LogP contribution in [0.2, 0.25) is 0 Å². The lowest BCUT2D eigenvalue weighted by Gasteiger charge is -1.99. The number of likely N-dealkylation sites (N-methyl/N-ethyl adjacent to an activating group) is 1. The normalized spacial score (nSPS) is 35.1. The van der Waals surface area contributed by atoms with E-state index in [2.05, 4.69) is 18.9 Å². The summed E-state index contributed by atoms with van der Waals surface area (Å²) in [6.45, 7) is 2.22. The Balaban J connectivity index is 2.35. The Kier molecular flexibility index (Phi) is 0.366. The molecule has 1 fully saturated rings. The first-order valence-electron chi connectivity index (χ1n) is 2.73. The van der Waals surface area contributed by atoms with Crippen molar-refractivity contribution in [2.24, 2.45) is 0 Å². The molecule has 0 N–H and O–H groups in total. The largest absolute Gasteiger partial charge is 0.367 e. The number of hydrogen-bond donors (Lipinski definition) is 0. The maximum atomic E-state index is 2.34. The second-order valence-electron chi connectivity index (χ2n) is 2.50. The van der Waals surface area contributed by atoms with Gasteiger partial charge >= 0.3 is 0 Å². The topological polar surface area (TPSA) is 3.01 Å². The van der Waals surface area contributed by atoms with Gasteiger partial charge < -0.3 is 4.90 Å². The number of fused-ring (bicyclic) bond motifs is 1. The van der Waals surface area contributed by atoms with E-state index in [4.69, 9.17) is 0 Å². The minimum atomic E-state index is 0.889. The summed E-state index contributed by atoms with van der Waals surface area (Å²) >= 11 is 0. The monoisotopic (exact) mass is 95.1 g/mol. The van der Waals surface area contributed by atoms with Crippen molar-refractivity contribution in [3.05, 3.63) is 11.3 Å². The standard InChI is InChI=1S/C6H9N/c1-4-3-5-6(4)7(5)2/h5H,3H2,1-2H3. The van der Waals surface area contributed by atoms with Gasteiger partial charge in [-0.15, -0.1) is 0 Å². The molecule has 7 heavy (non-hydrogen) atoms. The van der Waals surface area contributed by atoms with E-state index < -0.39 is 0 Å². The summed E-state index contributed by atoms with van der Waals surface area (Å²) in [6.07, 6.45) is 1.34. The van der Waals surface area contributed by atoms with E-state index in [1.54, 1.807) is 11.3 Å². The molecule has 1 saturated heterocycles. The second kappa shape index (κ2) is 0.726. The van der Waals surface area contributed by atoms with E-state index in [1.807, 2.05) is 0 Å². The fourth-order valence-corrected chi connectivity index (χ4v) is 1.43. The van der Waals surface area contributed by atoms with Gasteiger partial charge in [-0.25, -0.2) is 0 Å². The molecule has 0 aromatic heterocycles. The molecule has 1 aliphatic carbocycles. The molecule has 0 aromatic rings. The van der Waals surface area contributed by atoms with Crippen molar-refractivity contribution in [2.75, 3.05) is 7.05 Å². The molecule has 1 unspecified atom stereocenters. The number of nitrogens with zero attached hydrogens (tertiary/aromatic N) is 1. The zero-order valence-corrected chi connectivity index (χ0v) is 4.73. The highest BCUT2D eigenvalue weighted by molar-refractivity contribution is 5.42. The predicted molar refractivity (Wildman–Crippen MR) is 28.9 cm³/mol. The molecule has 2 rings (SSSR count). The minimum Gasteiger partial charge on any atom is -0.367 e. The summed E-state index contributed by atoms with van der Waals surface area (Å²) in [4.78, 5) is 2.34. The van der Waals surface area contributed by atoms with Crippen molar-refractivity contribution >= 4 is 0 Å². The van der Waals surface area contributed by atoms with Crippen molar-refractivity contribution in [1.29, 1.82) is 0 Å². The van der Waals surface area contributed by atoms with Crippen molar-refractivity contribution in [3.8, 4) is 0 Å². The molecule has 0 saturated carbocycles. The van der Waals surface area contributed by atoms with E-state index >= 15 is 0 Å². The Bertz CT molecular complexity index is 140. The lowest BCUT2D eigenvalue weighted by atomic mass is 10.0. The molecule has 1 heteroatoms. The van der Waals surface area contributed by atoms with Gasteiger partial charge in [0, 0.05) is 12.7 Å². The highest BCUT2D eigenvalue weighted by Gasteiger charge is 2.46. The van der Waals surface area contributed by atoms with Gasteiger partial charge in [0.05, 0.1) is 6.04 Å². The molecule has 0 aromatic carbocycles. The Morgan fingerprint density at radius 3 is 2.43 bits per heavy atom. The Hall–Kier alpha value is -0.460. The van der Waals surface area contributed by atoms with Crippen molar-refractivity contribution in [3.63, 3.8) is 0 Å². The van der Waals surface area contributed by atoms with Crippen molar-refractivity contribution in [2.45, 2.75) is 19.4 Å². The molecule has 0 amide bonds. The predicted octanol–water partition coefficient (Wildman–Crippen LogP) is 0.978. The highest BCUT2D eigenvalue weighted by atomic mass is 15.3. The zero-order valence-electron chi connectivity index (χ0n) is 4.73. The van der Waals surface area contributed by atoms with Crippen LogP contribution in [-0.4, -0.2) is 18.0 Å². The SMILES string of the molecule is CC1=C2C(C1)N2C. The zero-order chi connectivity index (χ0) is 5.02. The summed E-state index contributed by atoms with van der Waals surface area (Å²) < 4.78 is 0. The molecule has 38 valence electrons. The van der Waals surface area contributed by atoms with Crippen LogP contribution >= 0.6 is 0 Å². The van der Waals surface area contributed by atoms with Gasteiger partial charge in [-0.05, 0) is 18.9 Å². The number of rotatable bonds is 0. The van der Waals surface area contributed by atoms with Crippen LogP contribution in [-0.2, 0) is 0 Å². The molecule has 0 radical (unpaired) electrons. The van der Waals surface area contributed by atoms with Gasteiger partial charge in [0.2, 0.25) is 0 Å². The van der Waals surface area contributed by atoms with Crippen LogP contribution < -0.4 is 0 Å². The Morgan fingerprint density at radius 1 is 1.71 bits per heavy atom. The first-order valence-corrected chi connectivity index (χ1v) is 2.73.